The van der Waals surface area contributed by atoms with Crippen molar-refractivity contribution in [1.82, 2.24) is 0 Å². The Morgan fingerprint density at radius 3 is 0.949 bits per heavy atom. The summed E-state index contributed by atoms with van der Waals surface area (Å²) < 4.78 is 68.3. The van der Waals surface area contributed by atoms with Gasteiger partial charge in [-0.1, -0.05) is 278 Å². The molecule has 0 heterocycles. The minimum Gasteiger partial charge on any atom is -0.462 e. The number of phosphoric acid groups is 2. The van der Waals surface area contributed by atoms with E-state index in [2.05, 4.69) is 125 Å². The Morgan fingerprint density at radius 1 is 0.306 bits per heavy atom. The molecule has 0 bridgehead atoms. The van der Waals surface area contributed by atoms with Crippen LogP contribution in [0.4, 0.5) is 0 Å². The lowest BCUT2D eigenvalue weighted by atomic mass is 10.0. The largest absolute Gasteiger partial charge is 0.472 e. The summed E-state index contributed by atoms with van der Waals surface area (Å²) in [5.74, 6) is -2.38. The zero-order valence-electron chi connectivity index (χ0n) is 61.2. The van der Waals surface area contributed by atoms with Crippen LogP contribution in [0.25, 0.3) is 0 Å². The molecule has 0 aliphatic carbocycles. The first-order chi connectivity index (χ1) is 47.7. The van der Waals surface area contributed by atoms with E-state index in [0.717, 1.165) is 128 Å². The average molecular weight is 1420 g/mol. The molecule has 0 aromatic rings. The van der Waals surface area contributed by atoms with Crippen LogP contribution in [0.3, 0.4) is 0 Å². The summed E-state index contributed by atoms with van der Waals surface area (Å²) in [6.07, 6.45) is 76.6. The standard InChI is InChI=1S/C79H134O17P2/c1-5-9-13-17-21-25-29-33-36-40-43-47-51-55-59-63-76(81)89-69-74(95-78(83)65-61-57-53-49-45-39-32-28-24-20-16-12-8-4)71-93-97(85,86)91-67-73(80)68-92-98(87,88)94-72-75(96-79(84)66-62-58-54-50-46-42-38-35-31-27-23-19-15-11-7-3)70-90-77(82)64-60-56-52-48-44-41-37-34-30-26-22-18-14-10-6-2/h9-10,13-14,21-22,25-26,28,32-34,36-37,43-44,47-48,56,60,73-75,80H,5-8,11-12,15-20,23-24,27,29-31,35,38-42,45-46,49-55,57-59,61-72H2,1-4H3,(H,85,86)(H,87,88)/b13-9-,14-10-,25-21-,26-22-,32-28-,36-33-,37-34-,47-43-,48-44-,60-56-. The molecular formula is C79H134O17P2. The van der Waals surface area contributed by atoms with Crippen LogP contribution in [0.2, 0.25) is 0 Å². The van der Waals surface area contributed by atoms with Crippen LogP contribution in [-0.4, -0.2) is 96.7 Å². The lowest BCUT2D eigenvalue weighted by Crippen LogP contribution is -2.30. The van der Waals surface area contributed by atoms with E-state index in [1.165, 1.54) is 89.9 Å². The molecule has 98 heavy (non-hydrogen) atoms. The van der Waals surface area contributed by atoms with Gasteiger partial charge in [0, 0.05) is 19.3 Å². The minimum absolute atomic E-state index is 0.0712. The molecule has 562 valence electrons. The van der Waals surface area contributed by atoms with Crippen LogP contribution >= 0.6 is 15.6 Å². The summed E-state index contributed by atoms with van der Waals surface area (Å²) in [5, 5.41) is 10.6. The van der Waals surface area contributed by atoms with Crippen LogP contribution < -0.4 is 0 Å². The van der Waals surface area contributed by atoms with Crippen molar-refractivity contribution in [3.05, 3.63) is 122 Å². The summed E-state index contributed by atoms with van der Waals surface area (Å²) in [7, 11) is -9.98. The number of rotatable bonds is 70. The number of aliphatic hydroxyl groups is 1. The quantitative estimate of drug-likeness (QED) is 0.0169. The van der Waals surface area contributed by atoms with E-state index in [-0.39, 0.29) is 25.7 Å². The Hall–Kier alpha value is -4.54. The molecule has 5 unspecified atom stereocenters. The summed E-state index contributed by atoms with van der Waals surface area (Å²) in [4.78, 5) is 72.7. The third kappa shape index (κ3) is 69.9. The molecule has 5 atom stereocenters. The molecule has 0 saturated heterocycles. The number of esters is 4. The van der Waals surface area contributed by atoms with Gasteiger partial charge in [0.25, 0.3) is 0 Å². The van der Waals surface area contributed by atoms with Crippen molar-refractivity contribution >= 4 is 39.5 Å². The third-order valence-corrected chi connectivity index (χ3v) is 17.4. The lowest BCUT2D eigenvalue weighted by molar-refractivity contribution is -0.161. The normalized spacial score (nSPS) is 14.6. The number of allylic oxidation sites excluding steroid dienone is 19. The molecule has 0 radical (unpaired) electrons. The molecule has 3 N–H and O–H groups in total. The number of aliphatic hydroxyl groups excluding tert-OH is 1. The highest BCUT2D eigenvalue weighted by Crippen LogP contribution is 2.45. The Labute approximate surface area is 593 Å². The van der Waals surface area contributed by atoms with E-state index in [0.29, 0.717) is 25.7 Å². The highest BCUT2D eigenvalue weighted by molar-refractivity contribution is 7.47. The summed E-state index contributed by atoms with van der Waals surface area (Å²) in [6.45, 7) is 4.46. The van der Waals surface area contributed by atoms with Gasteiger partial charge in [0.15, 0.2) is 12.2 Å². The molecule has 19 heteroatoms. The fourth-order valence-corrected chi connectivity index (χ4v) is 11.3. The maximum atomic E-state index is 13.1. The van der Waals surface area contributed by atoms with Gasteiger partial charge in [-0.05, 0) is 116 Å². The minimum atomic E-state index is -5.00. The first kappa shape index (κ1) is 93.5. The molecule has 0 saturated carbocycles. The van der Waals surface area contributed by atoms with E-state index in [1.54, 1.807) is 6.08 Å². The van der Waals surface area contributed by atoms with E-state index in [1.807, 2.05) is 18.2 Å². The zero-order valence-corrected chi connectivity index (χ0v) is 63.0. The molecule has 0 aromatic carbocycles. The highest BCUT2D eigenvalue weighted by atomic mass is 31.2. The molecule has 17 nitrogen and oxygen atoms in total. The van der Waals surface area contributed by atoms with Crippen molar-refractivity contribution in [2.75, 3.05) is 39.6 Å². The van der Waals surface area contributed by atoms with E-state index in [4.69, 9.17) is 37.0 Å². The number of hydrogen-bond acceptors (Lipinski definition) is 15. The maximum Gasteiger partial charge on any atom is 0.472 e. The maximum absolute atomic E-state index is 13.1. The topological polar surface area (TPSA) is 237 Å². The van der Waals surface area contributed by atoms with Gasteiger partial charge in [-0.2, -0.15) is 0 Å². The second kappa shape index (κ2) is 70.9. The van der Waals surface area contributed by atoms with Crippen molar-refractivity contribution in [3.63, 3.8) is 0 Å². The first-order valence-electron chi connectivity index (χ1n) is 37.8. The Kier molecular flexibility index (Phi) is 67.6. The molecule has 0 rings (SSSR count). The smallest absolute Gasteiger partial charge is 0.462 e. The predicted octanol–water partition coefficient (Wildman–Crippen LogP) is 21.6. The van der Waals surface area contributed by atoms with Crippen LogP contribution in [0.15, 0.2) is 122 Å². The molecule has 0 fully saturated rings. The predicted molar refractivity (Wildman–Crippen MR) is 399 cm³/mol. The van der Waals surface area contributed by atoms with E-state index >= 15 is 0 Å². The van der Waals surface area contributed by atoms with Crippen LogP contribution in [0.1, 0.15) is 297 Å². The van der Waals surface area contributed by atoms with Gasteiger partial charge in [0.1, 0.15) is 19.3 Å². The molecule has 0 aromatic heterocycles. The summed E-state index contributed by atoms with van der Waals surface area (Å²) in [5.41, 5.74) is 0. The lowest BCUT2D eigenvalue weighted by Gasteiger charge is -2.21. The van der Waals surface area contributed by atoms with Crippen LogP contribution in [-0.2, 0) is 65.4 Å². The van der Waals surface area contributed by atoms with Gasteiger partial charge in [-0.25, -0.2) is 9.13 Å². The fraction of sp³-hybridized carbons (Fsp3) is 0.696. The van der Waals surface area contributed by atoms with Crippen LogP contribution in [0.5, 0.6) is 0 Å². The Bertz CT molecular complexity index is 2340. The van der Waals surface area contributed by atoms with Crippen molar-refractivity contribution in [1.29, 1.82) is 0 Å². The number of hydrogen-bond donors (Lipinski definition) is 3. The van der Waals surface area contributed by atoms with Crippen LogP contribution in [0, 0.1) is 0 Å². The fourth-order valence-electron chi connectivity index (χ4n) is 9.75. The number of unbranched alkanes of at least 4 members (excludes halogenated alkanes) is 25. The highest BCUT2D eigenvalue weighted by Gasteiger charge is 2.30. The second-order valence-electron chi connectivity index (χ2n) is 24.8. The molecule has 0 amide bonds. The number of phosphoric ester groups is 2. The van der Waals surface area contributed by atoms with Gasteiger partial charge in [0.05, 0.1) is 32.8 Å². The first-order valence-corrected chi connectivity index (χ1v) is 40.8. The van der Waals surface area contributed by atoms with Gasteiger partial charge < -0.3 is 33.8 Å². The van der Waals surface area contributed by atoms with Gasteiger partial charge in [0.2, 0.25) is 0 Å². The molecule has 0 spiro atoms. The van der Waals surface area contributed by atoms with E-state index in [9.17, 15) is 43.2 Å². The number of ether oxygens (including phenoxy) is 4. The van der Waals surface area contributed by atoms with Gasteiger partial charge in [-0.3, -0.25) is 37.3 Å². The number of carbonyl (C=O) groups is 4. The van der Waals surface area contributed by atoms with Crippen molar-refractivity contribution < 1.29 is 80.2 Å². The zero-order chi connectivity index (χ0) is 71.8. The molecule has 0 aliphatic rings. The second-order valence-corrected chi connectivity index (χ2v) is 27.8. The molecule has 0 aliphatic heterocycles. The van der Waals surface area contributed by atoms with Crippen molar-refractivity contribution in [2.24, 2.45) is 0 Å². The number of carbonyl (C=O) groups excluding carboxylic acids is 4. The Morgan fingerprint density at radius 2 is 0.571 bits per heavy atom. The average Bonchev–Trinajstić information content (AvgIpc) is 1.04. The van der Waals surface area contributed by atoms with Crippen molar-refractivity contribution in [3.8, 4) is 0 Å². The Balaban J connectivity index is 5.44. The summed E-state index contributed by atoms with van der Waals surface area (Å²) >= 11 is 0. The summed E-state index contributed by atoms with van der Waals surface area (Å²) in [6, 6.07) is 0. The van der Waals surface area contributed by atoms with E-state index < -0.39 is 97.5 Å². The molecular weight excluding hydrogens is 1280 g/mol. The van der Waals surface area contributed by atoms with Gasteiger partial charge in [-0.15, -0.1) is 0 Å². The SMILES string of the molecule is CC/C=C\C/C=C\C/C=C\C/C=C\C/C=C\CC(=O)OCC(COP(=O)(O)OCC(O)COP(=O)(O)OCC(COC(=O)CCCC/C=C\C/C=C\C/C=C\C/C=C\CC)OC(=O)CCCCCCC/C=C\CCCCCC)OC(=O)CCCCCCCCCCCCCCCCC. The third-order valence-electron chi connectivity index (χ3n) is 15.5. The van der Waals surface area contributed by atoms with Crippen molar-refractivity contribution in [2.45, 2.75) is 316 Å². The van der Waals surface area contributed by atoms with Gasteiger partial charge >= 0.3 is 39.5 Å². The monoisotopic (exact) mass is 1420 g/mol.